The maximum atomic E-state index is 13.4. The second-order valence-corrected chi connectivity index (χ2v) is 5.04. The van der Waals surface area contributed by atoms with E-state index in [9.17, 15) is 4.39 Å². The summed E-state index contributed by atoms with van der Waals surface area (Å²) in [5, 5.41) is 3.51. The highest BCUT2D eigenvalue weighted by Crippen LogP contribution is 2.12. The maximum Gasteiger partial charge on any atom is 0.126 e. The molecule has 0 saturated carbocycles. The predicted octanol–water partition coefficient (Wildman–Crippen LogP) is 2.32. The van der Waals surface area contributed by atoms with Crippen LogP contribution in [0.15, 0.2) is 18.2 Å². The van der Waals surface area contributed by atoms with Crippen molar-refractivity contribution in [2.75, 3.05) is 20.1 Å². The van der Waals surface area contributed by atoms with Crippen molar-refractivity contribution < 1.29 is 4.39 Å². The van der Waals surface area contributed by atoms with E-state index < -0.39 is 0 Å². The van der Waals surface area contributed by atoms with Crippen LogP contribution in [0.3, 0.4) is 0 Å². The standard InChI is InChI=1S/C14H21FN2/c1-11-3-4-12(9-14(11)15)10-16-13-5-7-17(2)8-6-13/h3-4,9,13,16H,5-8,10H2,1-2H3. The second-order valence-electron chi connectivity index (χ2n) is 5.04. The Hall–Kier alpha value is -0.930. The number of nitrogens with zero attached hydrogens (tertiary/aromatic N) is 1. The van der Waals surface area contributed by atoms with Gasteiger partial charge in [-0.05, 0) is 57.1 Å². The first kappa shape index (κ1) is 12.5. The maximum absolute atomic E-state index is 13.4. The van der Waals surface area contributed by atoms with Gasteiger partial charge in [0.05, 0.1) is 0 Å². The highest BCUT2D eigenvalue weighted by Gasteiger charge is 2.15. The Labute approximate surface area is 103 Å². The Bertz CT molecular complexity index is 370. The first-order chi connectivity index (χ1) is 8.15. The summed E-state index contributed by atoms with van der Waals surface area (Å²) in [6.45, 7) is 4.87. The topological polar surface area (TPSA) is 15.3 Å². The normalized spacial score (nSPS) is 18.5. The number of rotatable bonds is 3. The third kappa shape index (κ3) is 3.51. The molecule has 0 bridgehead atoms. The minimum atomic E-state index is -0.104. The van der Waals surface area contributed by atoms with Gasteiger partial charge in [-0.1, -0.05) is 12.1 Å². The number of aryl methyl sites for hydroxylation is 1. The number of hydrogen-bond donors (Lipinski definition) is 1. The summed E-state index contributed by atoms with van der Waals surface area (Å²) in [6, 6.07) is 6.06. The van der Waals surface area contributed by atoms with Crippen LogP contribution < -0.4 is 5.32 Å². The van der Waals surface area contributed by atoms with E-state index in [-0.39, 0.29) is 5.82 Å². The van der Waals surface area contributed by atoms with Gasteiger partial charge in [-0.3, -0.25) is 0 Å². The van der Waals surface area contributed by atoms with Crippen molar-refractivity contribution in [2.24, 2.45) is 0 Å². The van der Waals surface area contributed by atoms with Gasteiger partial charge in [0.15, 0.2) is 0 Å². The minimum Gasteiger partial charge on any atom is -0.310 e. The van der Waals surface area contributed by atoms with Gasteiger partial charge >= 0.3 is 0 Å². The van der Waals surface area contributed by atoms with Crippen molar-refractivity contribution in [3.05, 3.63) is 35.1 Å². The molecule has 1 aromatic rings. The van der Waals surface area contributed by atoms with Crippen LogP contribution in [0.1, 0.15) is 24.0 Å². The molecule has 1 aromatic carbocycles. The zero-order valence-electron chi connectivity index (χ0n) is 10.7. The molecule has 0 spiro atoms. The Morgan fingerprint density at radius 1 is 1.35 bits per heavy atom. The average molecular weight is 236 g/mol. The summed E-state index contributed by atoms with van der Waals surface area (Å²) < 4.78 is 13.4. The molecular formula is C14H21FN2. The van der Waals surface area contributed by atoms with E-state index in [4.69, 9.17) is 0 Å². The lowest BCUT2D eigenvalue weighted by atomic mass is 10.0. The lowest BCUT2D eigenvalue weighted by molar-refractivity contribution is 0.234. The van der Waals surface area contributed by atoms with Crippen LogP contribution in [0, 0.1) is 12.7 Å². The van der Waals surface area contributed by atoms with Gasteiger partial charge in [0.2, 0.25) is 0 Å². The Kier molecular flexibility index (Phi) is 4.13. The van der Waals surface area contributed by atoms with Crippen LogP contribution in [0.2, 0.25) is 0 Å². The molecule has 1 heterocycles. The molecule has 1 saturated heterocycles. The van der Waals surface area contributed by atoms with E-state index in [0.717, 1.165) is 25.2 Å². The van der Waals surface area contributed by atoms with Gasteiger partial charge in [-0.15, -0.1) is 0 Å². The zero-order valence-corrected chi connectivity index (χ0v) is 10.7. The predicted molar refractivity (Wildman–Crippen MR) is 68.5 cm³/mol. The quantitative estimate of drug-likeness (QED) is 0.866. The summed E-state index contributed by atoms with van der Waals surface area (Å²) in [6.07, 6.45) is 2.37. The van der Waals surface area contributed by atoms with Crippen LogP contribution in [0.4, 0.5) is 4.39 Å². The summed E-state index contributed by atoms with van der Waals surface area (Å²) in [7, 11) is 2.16. The van der Waals surface area contributed by atoms with E-state index in [2.05, 4.69) is 17.3 Å². The highest BCUT2D eigenvalue weighted by molar-refractivity contribution is 5.23. The lowest BCUT2D eigenvalue weighted by Crippen LogP contribution is -2.40. The fourth-order valence-corrected chi connectivity index (χ4v) is 2.22. The molecule has 2 nitrogen and oxygen atoms in total. The molecular weight excluding hydrogens is 215 g/mol. The van der Waals surface area contributed by atoms with Gasteiger partial charge < -0.3 is 10.2 Å². The molecule has 2 rings (SSSR count). The summed E-state index contributed by atoms with van der Waals surface area (Å²) in [5.74, 6) is -0.104. The number of halogens is 1. The van der Waals surface area contributed by atoms with Crippen molar-refractivity contribution in [1.82, 2.24) is 10.2 Å². The molecule has 1 aliphatic rings. The Morgan fingerprint density at radius 3 is 2.71 bits per heavy atom. The largest absolute Gasteiger partial charge is 0.310 e. The van der Waals surface area contributed by atoms with Crippen molar-refractivity contribution in [3.63, 3.8) is 0 Å². The Balaban J connectivity index is 1.83. The Morgan fingerprint density at radius 2 is 2.06 bits per heavy atom. The molecule has 1 N–H and O–H groups in total. The molecule has 1 aliphatic heterocycles. The fourth-order valence-electron chi connectivity index (χ4n) is 2.22. The first-order valence-corrected chi connectivity index (χ1v) is 6.32. The van der Waals surface area contributed by atoms with E-state index in [0.29, 0.717) is 11.6 Å². The summed E-state index contributed by atoms with van der Waals surface area (Å²) in [4.78, 5) is 2.35. The third-order valence-corrected chi connectivity index (χ3v) is 3.55. The van der Waals surface area contributed by atoms with Crippen molar-refractivity contribution in [3.8, 4) is 0 Å². The lowest BCUT2D eigenvalue weighted by Gasteiger charge is -2.29. The number of benzene rings is 1. The molecule has 0 radical (unpaired) electrons. The highest BCUT2D eigenvalue weighted by atomic mass is 19.1. The molecule has 0 aliphatic carbocycles. The van der Waals surface area contributed by atoms with Crippen molar-refractivity contribution in [1.29, 1.82) is 0 Å². The van der Waals surface area contributed by atoms with Crippen LogP contribution >= 0.6 is 0 Å². The van der Waals surface area contributed by atoms with Gasteiger partial charge in [0, 0.05) is 12.6 Å². The number of nitrogens with one attached hydrogen (secondary N) is 1. The van der Waals surface area contributed by atoms with Crippen LogP contribution in [0.5, 0.6) is 0 Å². The van der Waals surface area contributed by atoms with Crippen LogP contribution in [-0.4, -0.2) is 31.1 Å². The smallest absolute Gasteiger partial charge is 0.126 e. The summed E-state index contributed by atoms with van der Waals surface area (Å²) >= 11 is 0. The molecule has 1 fully saturated rings. The number of piperidine rings is 1. The number of hydrogen-bond acceptors (Lipinski definition) is 2. The molecule has 17 heavy (non-hydrogen) atoms. The monoisotopic (exact) mass is 236 g/mol. The molecule has 94 valence electrons. The van der Waals surface area contributed by atoms with E-state index in [1.807, 2.05) is 12.1 Å². The van der Waals surface area contributed by atoms with Crippen molar-refractivity contribution >= 4 is 0 Å². The number of likely N-dealkylation sites (tertiary alicyclic amines) is 1. The van der Waals surface area contributed by atoms with Gasteiger partial charge in [0.25, 0.3) is 0 Å². The van der Waals surface area contributed by atoms with Gasteiger partial charge in [-0.25, -0.2) is 4.39 Å². The fraction of sp³-hybridized carbons (Fsp3) is 0.571. The van der Waals surface area contributed by atoms with E-state index in [1.165, 1.54) is 12.8 Å². The zero-order chi connectivity index (χ0) is 12.3. The molecule has 0 amide bonds. The van der Waals surface area contributed by atoms with Gasteiger partial charge in [-0.2, -0.15) is 0 Å². The molecule has 0 atom stereocenters. The third-order valence-electron chi connectivity index (χ3n) is 3.55. The molecule has 3 heteroatoms. The van der Waals surface area contributed by atoms with Gasteiger partial charge in [0.1, 0.15) is 5.82 Å². The van der Waals surface area contributed by atoms with Crippen molar-refractivity contribution in [2.45, 2.75) is 32.4 Å². The summed E-state index contributed by atoms with van der Waals surface area (Å²) in [5.41, 5.74) is 1.75. The second kappa shape index (κ2) is 5.61. The van der Waals surface area contributed by atoms with E-state index in [1.54, 1.807) is 13.0 Å². The first-order valence-electron chi connectivity index (χ1n) is 6.32. The average Bonchev–Trinajstić information content (AvgIpc) is 2.33. The van der Waals surface area contributed by atoms with Crippen LogP contribution in [-0.2, 0) is 6.54 Å². The van der Waals surface area contributed by atoms with E-state index >= 15 is 0 Å². The molecule has 0 unspecified atom stereocenters. The molecule has 0 aromatic heterocycles. The minimum absolute atomic E-state index is 0.104. The SMILES string of the molecule is Cc1ccc(CNC2CCN(C)CC2)cc1F. The van der Waals surface area contributed by atoms with Crippen LogP contribution in [0.25, 0.3) is 0 Å².